The number of carbonyl (C=O) groups excluding carboxylic acids is 2. The minimum absolute atomic E-state index is 0.254. The topological polar surface area (TPSA) is 78.9 Å². The molecule has 0 saturated carbocycles. The van der Waals surface area contributed by atoms with Gasteiger partial charge in [0.05, 0.1) is 12.8 Å². The van der Waals surface area contributed by atoms with Crippen LogP contribution in [0.5, 0.6) is 5.75 Å². The number of ether oxygens (including phenoxy) is 1. The molecule has 30 heavy (non-hydrogen) atoms. The summed E-state index contributed by atoms with van der Waals surface area (Å²) in [6, 6.07) is 20.3. The molecule has 1 atom stereocenters. The van der Waals surface area contributed by atoms with E-state index >= 15 is 0 Å². The number of carbonyl (C=O) groups is 2. The lowest BCUT2D eigenvalue weighted by Crippen LogP contribution is -2.44. The van der Waals surface area contributed by atoms with Crippen LogP contribution < -0.4 is 15.0 Å². The molecule has 0 saturated heterocycles. The standard InChI is InChI=1S/C23H19ClN2O4/c1-30-18-9-5-8-17(13-18)25-21(27)14-26-20-11-3-2-10-19(20)23(29,22(26)28)15-6-4-7-16(24)12-15/h2-13,29H,14H2,1H3,(H,25,27)/t23-/m1/s1. The van der Waals surface area contributed by atoms with Crippen LogP contribution in [0.1, 0.15) is 11.1 Å². The Bertz CT molecular complexity index is 1130. The highest BCUT2D eigenvalue weighted by Crippen LogP contribution is 2.44. The van der Waals surface area contributed by atoms with Crippen molar-refractivity contribution in [2.45, 2.75) is 5.60 Å². The second kappa shape index (κ2) is 7.82. The maximum Gasteiger partial charge on any atom is 0.268 e. The summed E-state index contributed by atoms with van der Waals surface area (Å²) < 4.78 is 5.16. The number of rotatable bonds is 5. The van der Waals surface area contributed by atoms with Gasteiger partial charge in [0, 0.05) is 22.3 Å². The number of anilines is 2. The Hall–Kier alpha value is -3.35. The Balaban J connectivity index is 1.64. The molecule has 2 N–H and O–H groups in total. The fraction of sp³-hybridized carbons (Fsp3) is 0.130. The van der Waals surface area contributed by atoms with Crippen LogP contribution in [0, 0.1) is 0 Å². The first-order valence-corrected chi connectivity index (χ1v) is 9.65. The van der Waals surface area contributed by atoms with E-state index in [-0.39, 0.29) is 6.54 Å². The zero-order chi connectivity index (χ0) is 21.3. The van der Waals surface area contributed by atoms with Crippen LogP contribution in [-0.2, 0) is 15.2 Å². The molecule has 1 aliphatic rings. The van der Waals surface area contributed by atoms with Crippen LogP contribution in [0.25, 0.3) is 0 Å². The quantitative estimate of drug-likeness (QED) is 0.658. The number of benzene rings is 3. The molecule has 2 amide bonds. The third-order valence-corrected chi connectivity index (χ3v) is 5.27. The zero-order valence-corrected chi connectivity index (χ0v) is 16.9. The number of methoxy groups -OCH3 is 1. The highest BCUT2D eigenvalue weighted by Gasteiger charge is 2.51. The smallest absolute Gasteiger partial charge is 0.268 e. The Morgan fingerprint density at radius 3 is 2.63 bits per heavy atom. The number of para-hydroxylation sites is 1. The highest BCUT2D eigenvalue weighted by atomic mass is 35.5. The Labute approximate surface area is 178 Å². The normalized spacial score (nSPS) is 17.6. The summed E-state index contributed by atoms with van der Waals surface area (Å²) in [7, 11) is 1.54. The average Bonchev–Trinajstić information content (AvgIpc) is 2.97. The highest BCUT2D eigenvalue weighted by molar-refractivity contribution is 6.30. The third-order valence-electron chi connectivity index (χ3n) is 5.04. The van der Waals surface area contributed by atoms with Crippen LogP contribution in [-0.4, -0.2) is 30.6 Å². The molecule has 0 aliphatic carbocycles. The van der Waals surface area contributed by atoms with Gasteiger partial charge in [0.15, 0.2) is 5.60 Å². The molecule has 7 heteroatoms. The number of hydrogen-bond donors (Lipinski definition) is 2. The Morgan fingerprint density at radius 2 is 1.87 bits per heavy atom. The number of fused-ring (bicyclic) bond motifs is 1. The molecule has 0 radical (unpaired) electrons. The molecule has 0 aromatic heterocycles. The van der Waals surface area contributed by atoms with Gasteiger partial charge in [-0.15, -0.1) is 0 Å². The third kappa shape index (κ3) is 3.40. The molecule has 3 aromatic rings. The SMILES string of the molecule is COc1cccc(NC(=O)CN2C(=O)[C@@](O)(c3cccc(Cl)c3)c3ccccc32)c1. The number of amides is 2. The van der Waals surface area contributed by atoms with Gasteiger partial charge in [-0.05, 0) is 35.9 Å². The van der Waals surface area contributed by atoms with E-state index in [1.54, 1.807) is 72.8 Å². The van der Waals surface area contributed by atoms with Crippen molar-refractivity contribution in [1.82, 2.24) is 0 Å². The van der Waals surface area contributed by atoms with E-state index in [0.717, 1.165) is 0 Å². The van der Waals surface area contributed by atoms with Crippen LogP contribution in [0.2, 0.25) is 5.02 Å². The van der Waals surface area contributed by atoms with Gasteiger partial charge in [-0.25, -0.2) is 0 Å². The number of hydrogen-bond acceptors (Lipinski definition) is 4. The summed E-state index contributed by atoms with van der Waals surface area (Å²) in [5.41, 5.74) is -0.137. The van der Waals surface area contributed by atoms with Crippen LogP contribution >= 0.6 is 11.6 Å². The number of nitrogens with zero attached hydrogens (tertiary/aromatic N) is 1. The fourth-order valence-corrected chi connectivity index (χ4v) is 3.82. The lowest BCUT2D eigenvalue weighted by atomic mass is 9.87. The van der Waals surface area contributed by atoms with Crippen LogP contribution in [0.3, 0.4) is 0 Å². The molecule has 3 aromatic carbocycles. The first-order valence-electron chi connectivity index (χ1n) is 9.27. The molecule has 4 rings (SSSR count). The first kappa shape index (κ1) is 19.9. The average molecular weight is 423 g/mol. The molecular formula is C23H19ClN2O4. The number of halogens is 1. The fourth-order valence-electron chi connectivity index (χ4n) is 3.63. The zero-order valence-electron chi connectivity index (χ0n) is 16.1. The summed E-state index contributed by atoms with van der Waals surface area (Å²) in [4.78, 5) is 27.3. The van der Waals surface area contributed by atoms with Crippen molar-refractivity contribution < 1.29 is 19.4 Å². The monoisotopic (exact) mass is 422 g/mol. The molecule has 6 nitrogen and oxygen atoms in total. The molecule has 0 unspecified atom stereocenters. The van der Waals surface area contributed by atoms with Crippen molar-refractivity contribution in [2.75, 3.05) is 23.9 Å². The van der Waals surface area contributed by atoms with Gasteiger partial charge in [0.25, 0.3) is 5.91 Å². The second-order valence-electron chi connectivity index (χ2n) is 6.91. The van der Waals surface area contributed by atoms with E-state index in [4.69, 9.17) is 16.3 Å². The van der Waals surface area contributed by atoms with Gasteiger partial charge >= 0.3 is 0 Å². The van der Waals surface area contributed by atoms with Crippen molar-refractivity contribution >= 4 is 34.8 Å². The van der Waals surface area contributed by atoms with Gasteiger partial charge in [-0.3, -0.25) is 14.5 Å². The summed E-state index contributed by atoms with van der Waals surface area (Å²) in [5.74, 6) is -0.403. The van der Waals surface area contributed by atoms with E-state index in [1.807, 2.05) is 0 Å². The Kier molecular flexibility index (Phi) is 5.20. The Morgan fingerprint density at radius 1 is 1.10 bits per heavy atom. The summed E-state index contributed by atoms with van der Waals surface area (Å²) in [6.45, 7) is -0.254. The summed E-state index contributed by atoms with van der Waals surface area (Å²) in [5, 5.41) is 14.6. The molecule has 152 valence electrons. The molecule has 0 bridgehead atoms. The van der Waals surface area contributed by atoms with E-state index in [2.05, 4.69) is 5.32 Å². The van der Waals surface area contributed by atoms with E-state index < -0.39 is 17.4 Å². The molecule has 0 spiro atoms. The molecule has 1 aliphatic heterocycles. The van der Waals surface area contributed by atoms with Crippen molar-refractivity contribution in [1.29, 1.82) is 0 Å². The molecule has 1 heterocycles. The van der Waals surface area contributed by atoms with Crippen molar-refractivity contribution in [3.63, 3.8) is 0 Å². The van der Waals surface area contributed by atoms with Gasteiger partial charge in [0.2, 0.25) is 5.91 Å². The van der Waals surface area contributed by atoms with E-state index in [1.165, 1.54) is 12.0 Å². The number of aliphatic hydroxyl groups is 1. The van der Waals surface area contributed by atoms with Gasteiger partial charge in [-0.2, -0.15) is 0 Å². The van der Waals surface area contributed by atoms with Crippen molar-refractivity contribution in [3.05, 3.63) is 88.9 Å². The largest absolute Gasteiger partial charge is 0.497 e. The minimum Gasteiger partial charge on any atom is -0.497 e. The van der Waals surface area contributed by atoms with Gasteiger partial charge in [-0.1, -0.05) is 48.0 Å². The van der Waals surface area contributed by atoms with Gasteiger partial charge < -0.3 is 15.2 Å². The maximum absolute atomic E-state index is 13.3. The second-order valence-corrected chi connectivity index (χ2v) is 7.35. The lowest BCUT2D eigenvalue weighted by Gasteiger charge is -2.23. The predicted octanol–water partition coefficient (Wildman–Crippen LogP) is 3.57. The first-order chi connectivity index (χ1) is 14.4. The summed E-state index contributed by atoms with van der Waals surface area (Å²) in [6.07, 6.45) is 0. The lowest BCUT2D eigenvalue weighted by molar-refractivity contribution is -0.133. The summed E-state index contributed by atoms with van der Waals surface area (Å²) >= 11 is 6.09. The molecular weight excluding hydrogens is 404 g/mol. The minimum atomic E-state index is -1.92. The number of nitrogens with one attached hydrogen (secondary N) is 1. The van der Waals surface area contributed by atoms with E-state index in [0.29, 0.717) is 33.3 Å². The predicted molar refractivity (Wildman–Crippen MR) is 115 cm³/mol. The van der Waals surface area contributed by atoms with Crippen molar-refractivity contribution in [2.24, 2.45) is 0 Å². The maximum atomic E-state index is 13.3. The van der Waals surface area contributed by atoms with Crippen LogP contribution in [0.4, 0.5) is 11.4 Å². The van der Waals surface area contributed by atoms with E-state index in [9.17, 15) is 14.7 Å². The van der Waals surface area contributed by atoms with Crippen molar-refractivity contribution in [3.8, 4) is 5.75 Å². The molecule has 0 fully saturated rings. The van der Waals surface area contributed by atoms with Crippen LogP contribution in [0.15, 0.2) is 72.8 Å². The van der Waals surface area contributed by atoms with Gasteiger partial charge in [0.1, 0.15) is 12.3 Å².